The first-order chi connectivity index (χ1) is 32.0. The van der Waals surface area contributed by atoms with E-state index in [2.05, 4.69) is 199 Å². The number of benzene rings is 5. The van der Waals surface area contributed by atoms with Crippen molar-refractivity contribution in [3.8, 4) is 0 Å². The summed E-state index contributed by atoms with van der Waals surface area (Å²) >= 11 is 0. The maximum Gasteiger partial charge on any atom is 0.155 e. The molecule has 3 heterocycles. The van der Waals surface area contributed by atoms with E-state index in [-0.39, 0.29) is 11.5 Å². The molecule has 4 heteroatoms. The summed E-state index contributed by atoms with van der Waals surface area (Å²) in [5.74, 6) is 1.23. The van der Waals surface area contributed by atoms with Gasteiger partial charge in [-0.15, -0.1) is 0 Å². The number of para-hydroxylation sites is 1. The third kappa shape index (κ3) is 6.24. The number of rotatable bonds is 6. The Morgan fingerprint density at radius 3 is 2.37 bits per heavy atom. The number of fused-ring (bicyclic) bond motifs is 8. The number of aliphatic imine (C=N–C) groups is 2. The van der Waals surface area contributed by atoms with Gasteiger partial charge in [0.2, 0.25) is 0 Å². The Bertz CT molecular complexity index is 3230. The lowest BCUT2D eigenvalue weighted by molar-refractivity contribution is 0.289. The summed E-state index contributed by atoms with van der Waals surface area (Å²) < 4.78 is 2.71. The standard InChI is InChI=1S/C61H54N4/c1-61(2)52-36-43(55-38-54(39-16-6-3-7-17-39)62-60(63-55)40-18-8-4-9-19-40)26-30-46(52)47-31-29-45(37-53(47)61)65-57-25-15-13-23-49(57)51-35-42(28-33-59(51)65)41-27-32-58-50(34-41)48-22-12-14-24-56(48)64(58)44-20-10-5-11-21-44/h3-4,6-10,12-28,30,33-36,45,48,54,56,58H,5,11,29,31-32,37-38H2,1-2H3. The molecule has 0 bridgehead atoms. The molecule has 4 nitrogen and oxygen atoms in total. The third-order valence-electron chi connectivity index (χ3n) is 15.9. The molecule has 5 aliphatic carbocycles. The molecule has 6 aromatic rings. The molecule has 1 aromatic heterocycles. The lowest BCUT2D eigenvalue weighted by Gasteiger charge is -2.34. The van der Waals surface area contributed by atoms with Crippen LogP contribution in [-0.2, 0) is 5.41 Å². The molecule has 5 atom stereocenters. The Morgan fingerprint density at radius 1 is 0.708 bits per heavy atom. The van der Waals surface area contributed by atoms with Crippen molar-refractivity contribution >= 4 is 44.5 Å². The largest absolute Gasteiger partial charge is 0.357 e. The Labute approximate surface area is 382 Å². The molecular weight excluding hydrogens is 789 g/mol. The van der Waals surface area contributed by atoms with Crippen LogP contribution in [0.15, 0.2) is 203 Å². The zero-order valence-corrected chi connectivity index (χ0v) is 37.4. The van der Waals surface area contributed by atoms with E-state index in [0.717, 1.165) is 62.1 Å². The molecule has 1 fully saturated rings. The first-order valence-corrected chi connectivity index (χ1v) is 24.1. The Balaban J connectivity index is 0.815. The highest BCUT2D eigenvalue weighted by Gasteiger charge is 2.45. The van der Waals surface area contributed by atoms with Gasteiger partial charge in [-0.25, -0.2) is 4.99 Å². The molecule has 0 radical (unpaired) electrons. The molecular formula is C61H54N4. The first-order valence-electron chi connectivity index (χ1n) is 24.1. The number of allylic oxidation sites excluding steroid dienone is 9. The number of amidine groups is 1. The first kappa shape index (κ1) is 38.7. The van der Waals surface area contributed by atoms with E-state index < -0.39 is 0 Å². The van der Waals surface area contributed by atoms with Gasteiger partial charge in [0.1, 0.15) is 0 Å². The summed E-state index contributed by atoms with van der Waals surface area (Å²) in [5, 5.41) is 2.72. The van der Waals surface area contributed by atoms with Crippen LogP contribution in [0.4, 0.5) is 0 Å². The summed E-state index contributed by atoms with van der Waals surface area (Å²) in [5.41, 5.74) is 18.9. The summed E-state index contributed by atoms with van der Waals surface area (Å²) in [6, 6.07) is 46.1. The molecule has 5 aromatic carbocycles. The van der Waals surface area contributed by atoms with E-state index in [1.54, 1.807) is 16.7 Å². The fraction of sp³-hybridized carbons (Fsp3) is 0.246. The number of likely N-dealkylation sites (tertiary alicyclic amines) is 1. The molecule has 13 rings (SSSR count). The molecule has 0 spiro atoms. The SMILES string of the molecule is CC1(C)C2=C(CCC(n3c4ccccc4c4cc(C5=CCC6C(=C5)C5C=CC=CC5N6C5=CCCC=C5)ccc43)C2)c2ccc(C3=NC(c4ccccc4)=NC(c4ccccc4)C3)cc21. The van der Waals surface area contributed by atoms with Crippen LogP contribution in [-0.4, -0.2) is 33.1 Å². The van der Waals surface area contributed by atoms with Crippen molar-refractivity contribution < 1.29 is 0 Å². The molecule has 0 saturated carbocycles. The van der Waals surface area contributed by atoms with Crippen LogP contribution >= 0.6 is 0 Å². The highest BCUT2D eigenvalue weighted by Crippen LogP contribution is 2.55. The summed E-state index contributed by atoms with van der Waals surface area (Å²) in [6.07, 6.45) is 28.9. The van der Waals surface area contributed by atoms with Crippen LogP contribution < -0.4 is 0 Å². The van der Waals surface area contributed by atoms with Gasteiger partial charge >= 0.3 is 0 Å². The van der Waals surface area contributed by atoms with Gasteiger partial charge in [0.25, 0.3) is 0 Å². The lowest BCUT2D eigenvalue weighted by atomic mass is 9.76. The normalized spacial score (nSPS) is 25.1. The molecule has 318 valence electrons. The monoisotopic (exact) mass is 842 g/mol. The minimum absolute atomic E-state index is 0.0258. The molecule has 0 N–H and O–H groups in total. The fourth-order valence-electron chi connectivity index (χ4n) is 12.7. The van der Waals surface area contributed by atoms with Gasteiger partial charge in [0.15, 0.2) is 5.84 Å². The Hall–Kier alpha value is -6.78. The predicted molar refractivity (Wildman–Crippen MR) is 270 cm³/mol. The molecule has 2 aliphatic heterocycles. The molecule has 1 saturated heterocycles. The molecule has 0 amide bonds. The second kappa shape index (κ2) is 15.2. The summed E-state index contributed by atoms with van der Waals surface area (Å²) in [6.45, 7) is 4.94. The smallest absolute Gasteiger partial charge is 0.155 e. The van der Waals surface area contributed by atoms with Gasteiger partial charge in [-0.1, -0.05) is 165 Å². The number of hydrogen-bond donors (Lipinski definition) is 0. The minimum atomic E-state index is -0.0869. The van der Waals surface area contributed by atoms with Crippen molar-refractivity contribution in [3.05, 3.63) is 226 Å². The van der Waals surface area contributed by atoms with Crippen molar-refractivity contribution in [2.75, 3.05) is 0 Å². The van der Waals surface area contributed by atoms with Crippen molar-refractivity contribution in [2.24, 2.45) is 15.9 Å². The third-order valence-corrected chi connectivity index (χ3v) is 15.9. The minimum Gasteiger partial charge on any atom is -0.357 e. The van der Waals surface area contributed by atoms with E-state index in [1.807, 2.05) is 0 Å². The van der Waals surface area contributed by atoms with Gasteiger partial charge in [-0.2, -0.15) is 0 Å². The van der Waals surface area contributed by atoms with E-state index in [1.165, 1.54) is 60.9 Å². The van der Waals surface area contributed by atoms with E-state index in [0.29, 0.717) is 24.0 Å². The lowest BCUT2D eigenvalue weighted by Crippen LogP contribution is -2.36. The van der Waals surface area contributed by atoms with Crippen LogP contribution in [0.3, 0.4) is 0 Å². The van der Waals surface area contributed by atoms with Crippen LogP contribution in [0.25, 0.3) is 33.0 Å². The maximum absolute atomic E-state index is 5.28. The highest BCUT2D eigenvalue weighted by molar-refractivity contribution is 6.14. The Morgan fingerprint density at radius 2 is 1.51 bits per heavy atom. The molecule has 5 unspecified atom stereocenters. The van der Waals surface area contributed by atoms with Crippen LogP contribution in [0.5, 0.6) is 0 Å². The second-order valence-electron chi connectivity index (χ2n) is 19.7. The van der Waals surface area contributed by atoms with Crippen LogP contribution in [0.2, 0.25) is 0 Å². The molecule has 7 aliphatic rings. The van der Waals surface area contributed by atoms with Crippen molar-refractivity contribution in [1.29, 1.82) is 0 Å². The van der Waals surface area contributed by atoms with Gasteiger partial charge in [-0.05, 0) is 113 Å². The number of aromatic nitrogens is 1. The highest BCUT2D eigenvalue weighted by atomic mass is 15.2. The van der Waals surface area contributed by atoms with Crippen molar-refractivity contribution in [3.63, 3.8) is 0 Å². The summed E-state index contributed by atoms with van der Waals surface area (Å²) in [7, 11) is 0. The van der Waals surface area contributed by atoms with Gasteiger partial charge < -0.3 is 9.47 Å². The predicted octanol–water partition coefficient (Wildman–Crippen LogP) is 14.4. The quantitative estimate of drug-likeness (QED) is 0.164. The van der Waals surface area contributed by atoms with E-state index in [9.17, 15) is 0 Å². The topological polar surface area (TPSA) is 32.9 Å². The van der Waals surface area contributed by atoms with Gasteiger partial charge in [0.05, 0.1) is 23.8 Å². The summed E-state index contributed by atoms with van der Waals surface area (Å²) in [4.78, 5) is 13.2. The van der Waals surface area contributed by atoms with Crippen LogP contribution in [0, 0.1) is 5.92 Å². The van der Waals surface area contributed by atoms with Crippen molar-refractivity contribution in [2.45, 2.75) is 88.4 Å². The average Bonchev–Trinajstić information content (AvgIpc) is 3.96. The van der Waals surface area contributed by atoms with Crippen molar-refractivity contribution in [1.82, 2.24) is 9.47 Å². The zero-order chi connectivity index (χ0) is 43.2. The van der Waals surface area contributed by atoms with E-state index in [4.69, 9.17) is 9.98 Å². The van der Waals surface area contributed by atoms with E-state index >= 15 is 0 Å². The van der Waals surface area contributed by atoms with Gasteiger partial charge in [-0.3, -0.25) is 4.99 Å². The molecule has 65 heavy (non-hydrogen) atoms. The number of nitrogens with zero attached hydrogens (tertiary/aromatic N) is 4. The maximum atomic E-state index is 5.28. The Kier molecular flexibility index (Phi) is 9.02. The average molecular weight is 843 g/mol. The van der Waals surface area contributed by atoms with Crippen LogP contribution in [0.1, 0.15) is 104 Å². The number of hydrogen-bond acceptors (Lipinski definition) is 3. The zero-order valence-electron chi connectivity index (χ0n) is 37.4. The second-order valence-corrected chi connectivity index (χ2v) is 19.7. The van der Waals surface area contributed by atoms with Gasteiger partial charge in [0, 0.05) is 56.9 Å². The fourth-order valence-corrected chi connectivity index (χ4v) is 12.7.